The van der Waals surface area contributed by atoms with E-state index in [9.17, 15) is 25.0 Å². The van der Waals surface area contributed by atoms with Crippen LogP contribution < -0.4 is 14.9 Å². The summed E-state index contributed by atoms with van der Waals surface area (Å²) in [5.41, 5.74) is 7.87. The lowest BCUT2D eigenvalue weighted by molar-refractivity contribution is -0.385. The van der Waals surface area contributed by atoms with Crippen LogP contribution in [-0.2, 0) is 6.42 Å². The number of nitro groups is 2. The molecular weight excluding hydrogens is 578 g/mol. The molecule has 2 aliphatic rings. The van der Waals surface area contributed by atoms with E-state index in [1.165, 1.54) is 35.1 Å². The molecule has 44 heavy (non-hydrogen) atoms. The van der Waals surface area contributed by atoms with Crippen molar-refractivity contribution in [2.75, 3.05) is 0 Å². The Kier molecular flexibility index (Phi) is 6.47. The van der Waals surface area contributed by atoms with E-state index >= 15 is 0 Å². The predicted octanol–water partition coefficient (Wildman–Crippen LogP) is 5.54. The molecule has 0 unspecified atom stereocenters. The first-order chi connectivity index (χ1) is 21.2. The van der Waals surface area contributed by atoms with Gasteiger partial charge in [0.2, 0.25) is 0 Å². The molecule has 1 atom stereocenters. The highest BCUT2D eigenvalue weighted by molar-refractivity contribution is 7.07. The number of aromatic nitrogens is 2. The average Bonchev–Trinajstić information content (AvgIpc) is 3.49. The van der Waals surface area contributed by atoms with Crippen LogP contribution in [0.25, 0.3) is 17.5 Å². The maximum Gasteiger partial charge on any atom is 0.271 e. The van der Waals surface area contributed by atoms with Crippen molar-refractivity contribution in [2.24, 2.45) is 4.99 Å². The minimum Gasteiger partial charge on any atom is -0.318 e. The first-order valence-electron chi connectivity index (χ1n) is 14.0. The molecule has 0 radical (unpaired) electrons. The van der Waals surface area contributed by atoms with E-state index in [1.54, 1.807) is 28.8 Å². The molecule has 0 N–H and O–H groups in total. The molecule has 0 fully saturated rings. The summed E-state index contributed by atoms with van der Waals surface area (Å²) in [6.07, 6.45) is 3.33. The number of rotatable bonds is 5. The number of fused-ring (bicyclic) bond motifs is 3. The van der Waals surface area contributed by atoms with Crippen molar-refractivity contribution in [1.29, 1.82) is 0 Å². The molecule has 0 saturated carbocycles. The average molecular weight is 604 g/mol. The second kappa shape index (κ2) is 10.4. The van der Waals surface area contributed by atoms with E-state index in [2.05, 4.69) is 6.07 Å². The van der Waals surface area contributed by atoms with E-state index in [0.29, 0.717) is 21.3 Å². The molecule has 1 aliphatic carbocycles. The van der Waals surface area contributed by atoms with Gasteiger partial charge >= 0.3 is 0 Å². The van der Waals surface area contributed by atoms with Crippen molar-refractivity contribution < 1.29 is 9.85 Å². The largest absolute Gasteiger partial charge is 0.318 e. The number of hydrogen-bond donors (Lipinski definition) is 0. The van der Waals surface area contributed by atoms with Crippen LogP contribution in [0, 0.1) is 34.1 Å². The maximum absolute atomic E-state index is 14.2. The molecule has 0 saturated heterocycles. The molecule has 2 aromatic heterocycles. The van der Waals surface area contributed by atoms with Crippen LogP contribution in [0.5, 0.6) is 0 Å². The maximum atomic E-state index is 14.2. The summed E-state index contributed by atoms with van der Waals surface area (Å²) in [6, 6.07) is 22.4. The van der Waals surface area contributed by atoms with Crippen LogP contribution in [0.4, 0.5) is 11.4 Å². The second-order valence-corrected chi connectivity index (χ2v) is 11.9. The summed E-state index contributed by atoms with van der Waals surface area (Å²) >= 11 is 1.30. The fraction of sp³-hybridized carbons (Fsp3) is 0.152. The van der Waals surface area contributed by atoms with Crippen molar-refractivity contribution >= 4 is 34.5 Å². The van der Waals surface area contributed by atoms with E-state index in [0.717, 1.165) is 45.9 Å². The number of nitrogens with zero attached hydrogens (tertiary/aromatic N) is 5. The molecule has 11 heteroatoms. The number of nitro benzene ring substituents is 2. The van der Waals surface area contributed by atoms with Gasteiger partial charge in [-0.1, -0.05) is 47.7 Å². The zero-order chi connectivity index (χ0) is 30.7. The van der Waals surface area contributed by atoms with E-state index in [-0.39, 0.29) is 16.9 Å². The minimum atomic E-state index is -0.524. The summed E-state index contributed by atoms with van der Waals surface area (Å²) < 4.78 is 4.17. The summed E-state index contributed by atoms with van der Waals surface area (Å²) in [7, 11) is 0. The van der Waals surface area contributed by atoms with E-state index in [4.69, 9.17) is 4.99 Å². The first-order valence-corrected chi connectivity index (χ1v) is 14.8. The van der Waals surface area contributed by atoms with Crippen LogP contribution in [0.3, 0.4) is 0 Å². The van der Waals surface area contributed by atoms with Gasteiger partial charge in [0, 0.05) is 46.9 Å². The van der Waals surface area contributed by atoms with Crippen molar-refractivity contribution in [1.82, 2.24) is 9.13 Å². The van der Waals surface area contributed by atoms with Gasteiger partial charge < -0.3 is 4.57 Å². The van der Waals surface area contributed by atoms with Crippen LogP contribution in [-0.4, -0.2) is 19.0 Å². The van der Waals surface area contributed by atoms with Crippen LogP contribution in [0.1, 0.15) is 46.1 Å². The van der Waals surface area contributed by atoms with Gasteiger partial charge in [-0.3, -0.25) is 29.6 Å². The van der Waals surface area contributed by atoms with Gasteiger partial charge in [0.1, 0.15) is 0 Å². The highest BCUT2D eigenvalue weighted by atomic mass is 32.1. The lowest BCUT2D eigenvalue weighted by atomic mass is 9.83. The van der Waals surface area contributed by atoms with Gasteiger partial charge in [-0.15, -0.1) is 0 Å². The molecule has 0 spiro atoms. The third kappa shape index (κ3) is 4.40. The Bertz CT molecular complexity index is 2240. The molecule has 0 amide bonds. The Hall–Kier alpha value is -5.42. The highest BCUT2D eigenvalue weighted by Gasteiger charge is 2.33. The Morgan fingerprint density at radius 2 is 1.66 bits per heavy atom. The van der Waals surface area contributed by atoms with Gasteiger partial charge in [-0.05, 0) is 73.2 Å². The van der Waals surface area contributed by atoms with Gasteiger partial charge in [0.05, 0.1) is 26.1 Å². The lowest BCUT2D eigenvalue weighted by Gasteiger charge is -2.30. The number of hydrogen-bond acceptors (Lipinski definition) is 7. The van der Waals surface area contributed by atoms with Crippen LogP contribution in [0.2, 0.25) is 0 Å². The molecular formula is C33H25N5O5S. The zero-order valence-electron chi connectivity index (χ0n) is 23.8. The Labute approximate surface area is 254 Å². The predicted molar refractivity (Wildman–Crippen MR) is 168 cm³/mol. The fourth-order valence-corrected chi connectivity index (χ4v) is 7.32. The monoisotopic (exact) mass is 603 g/mol. The molecule has 7 rings (SSSR count). The third-order valence-corrected chi connectivity index (χ3v) is 9.33. The van der Waals surface area contributed by atoms with Crippen molar-refractivity contribution in [3.05, 3.63) is 158 Å². The summed E-state index contributed by atoms with van der Waals surface area (Å²) in [4.78, 5) is 41.7. The highest BCUT2D eigenvalue weighted by Crippen LogP contribution is 2.41. The van der Waals surface area contributed by atoms with Gasteiger partial charge in [-0.2, -0.15) is 0 Å². The molecule has 10 nitrogen and oxygen atoms in total. The number of allylic oxidation sites excluding steroid dienone is 1. The number of benzene rings is 3. The molecule has 3 heterocycles. The smallest absolute Gasteiger partial charge is 0.271 e. The minimum absolute atomic E-state index is 0.0150. The standard InChI is InChI=1S/C33H25N5O5S/c1-19-16-23(20(2)35(19)24-11-13-25(14-12-24)37(40)41)18-29-32(39)36-31(22-7-5-8-26(17-22)38(42)43)28-15-10-21-6-3-4-9-27(21)30(28)34-33(36)44-29/h3-9,11-14,16-18,31H,10,15H2,1-2H3/b29-18+/t31-/m1/s1. The lowest BCUT2D eigenvalue weighted by Crippen LogP contribution is -2.38. The Morgan fingerprint density at radius 1 is 0.909 bits per heavy atom. The molecule has 5 aromatic rings. The number of thiazole rings is 1. The molecule has 0 bridgehead atoms. The summed E-state index contributed by atoms with van der Waals surface area (Å²) in [6.45, 7) is 3.89. The topological polar surface area (TPSA) is 126 Å². The van der Waals surface area contributed by atoms with Gasteiger partial charge in [0.25, 0.3) is 16.9 Å². The molecule has 1 aliphatic heterocycles. The Balaban J connectivity index is 1.41. The van der Waals surface area contributed by atoms with Crippen LogP contribution in [0.15, 0.2) is 94.2 Å². The van der Waals surface area contributed by atoms with Crippen LogP contribution >= 0.6 is 11.3 Å². The first kappa shape index (κ1) is 27.4. The summed E-state index contributed by atoms with van der Waals surface area (Å²) in [5.74, 6) is 0. The third-order valence-electron chi connectivity index (χ3n) is 8.35. The zero-order valence-corrected chi connectivity index (χ0v) is 24.6. The van der Waals surface area contributed by atoms with Crippen molar-refractivity contribution in [3.8, 4) is 5.69 Å². The van der Waals surface area contributed by atoms with E-state index in [1.807, 2.05) is 54.8 Å². The number of aryl methyl sites for hydroxylation is 2. The van der Waals surface area contributed by atoms with Gasteiger partial charge in [0.15, 0.2) is 4.80 Å². The quantitative estimate of drug-likeness (QED) is 0.193. The molecule has 218 valence electrons. The van der Waals surface area contributed by atoms with Crippen molar-refractivity contribution in [2.45, 2.75) is 32.7 Å². The second-order valence-electron chi connectivity index (χ2n) is 10.9. The number of non-ortho nitro benzene ring substituents is 2. The normalized spacial score (nSPS) is 15.8. The van der Waals surface area contributed by atoms with Gasteiger partial charge in [-0.25, -0.2) is 4.99 Å². The molecule has 3 aromatic carbocycles. The summed E-state index contributed by atoms with van der Waals surface area (Å²) in [5, 5.41) is 22.8. The SMILES string of the molecule is Cc1cc(/C=c2/sc3n(c2=O)[C@H](c2cccc([N+](=O)[O-])c2)C2=C(N=3)c3ccccc3CC2)c(C)n1-c1ccc([N+](=O)[O-])cc1. The van der Waals surface area contributed by atoms with E-state index < -0.39 is 15.9 Å². The van der Waals surface area contributed by atoms with Crippen molar-refractivity contribution in [3.63, 3.8) is 0 Å². The fourth-order valence-electron chi connectivity index (χ4n) is 6.33. The Morgan fingerprint density at radius 3 is 2.41 bits per heavy atom.